The van der Waals surface area contributed by atoms with Crippen LogP contribution >= 0.6 is 0 Å². The number of benzene rings is 2. The highest BCUT2D eigenvalue weighted by molar-refractivity contribution is 5.99. The monoisotopic (exact) mass is 322 g/mol. The van der Waals surface area contributed by atoms with Gasteiger partial charge >= 0.3 is 0 Å². The highest BCUT2D eigenvalue weighted by Crippen LogP contribution is 2.31. The Kier molecular flexibility index (Phi) is 3.69. The van der Waals surface area contributed by atoms with Crippen LogP contribution < -0.4 is 15.4 Å². The van der Waals surface area contributed by atoms with E-state index in [0.717, 1.165) is 35.6 Å². The molecule has 2 heterocycles. The largest absolute Gasteiger partial charge is 0.493 e. The van der Waals surface area contributed by atoms with Crippen molar-refractivity contribution in [3.63, 3.8) is 0 Å². The summed E-state index contributed by atoms with van der Waals surface area (Å²) in [4.78, 5) is 23.5. The Balaban J connectivity index is 1.53. The molecule has 122 valence electrons. The maximum absolute atomic E-state index is 12.2. The molecule has 5 nitrogen and oxygen atoms in total. The SMILES string of the molecule is O=C1CC[C@H](C(=O)Nc2cccc(-c3ccc4c(c3)CCO4)c2)N1. The first-order chi connectivity index (χ1) is 11.7. The molecular weight excluding hydrogens is 304 g/mol. The summed E-state index contributed by atoms with van der Waals surface area (Å²) in [6, 6.07) is 13.5. The van der Waals surface area contributed by atoms with Gasteiger partial charge in [0, 0.05) is 18.5 Å². The summed E-state index contributed by atoms with van der Waals surface area (Å²) in [6.45, 7) is 0.738. The molecule has 2 amide bonds. The van der Waals surface area contributed by atoms with Gasteiger partial charge in [0.2, 0.25) is 11.8 Å². The van der Waals surface area contributed by atoms with Crippen molar-refractivity contribution in [2.24, 2.45) is 0 Å². The number of ether oxygens (including phenoxy) is 1. The van der Waals surface area contributed by atoms with Crippen molar-refractivity contribution in [2.45, 2.75) is 25.3 Å². The molecule has 1 atom stereocenters. The highest BCUT2D eigenvalue weighted by atomic mass is 16.5. The van der Waals surface area contributed by atoms with E-state index in [1.807, 2.05) is 36.4 Å². The lowest BCUT2D eigenvalue weighted by Crippen LogP contribution is -2.37. The smallest absolute Gasteiger partial charge is 0.246 e. The Labute approximate surface area is 140 Å². The Morgan fingerprint density at radius 3 is 2.83 bits per heavy atom. The van der Waals surface area contributed by atoms with Gasteiger partial charge in [0.05, 0.1) is 6.61 Å². The van der Waals surface area contributed by atoms with Gasteiger partial charge in [-0.2, -0.15) is 0 Å². The van der Waals surface area contributed by atoms with Gasteiger partial charge in [0.25, 0.3) is 0 Å². The number of nitrogens with one attached hydrogen (secondary N) is 2. The summed E-state index contributed by atoms with van der Waals surface area (Å²) in [5, 5.41) is 5.57. The normalized spacial score (nSPS) is 18.7. The van der Waals surface area contributed by atoms with Gasteiger partial charge in [-0.3, -0.25) is 9.59 Å². The molecule has 1 saturated heterocycles. The molecule has 0 aliphatic carbocycles. The third-order valence-electron chi connectivity index (χ3n) is 4.46. The topological polar surface area (TPSA) is 67.4 Å². The van der Waals surface area contributed by atoms with Gasteiger partial charge in [0.15, 0.2) is 0 Å². The van der Waals surface area contributed by atoms with E-state index in [-0.39, 0.29) is 11.8 Å². The zero-order valence-electron chi connectivity index (χ0n) is 13.2. The summed E-state index contributed by atoms with van der Waals surface area (Å²) in [5.41, 5.74) is 4.09. The number of anilines is 1. The molecule has 0 spiro atoms. The lowest BCUT2D eigenvalue weighted by atomic mass is 10.0. The second kappa shape index (κ2) is 6.00. The first-order valence-corrected chi connectivity index (χ1v) is 8.15. The maximum atomic E-state index is 12.2. The minimum absolute atomic E-state index is 0.0655. The summed E-state index contributed by atoms with van der Waals surface area (Å²) >= 11 is 0. The Hall–Kier alpha value is -2.82. The van der Waals surface area contributed by atoms with Crippen molar-refractivity contribution in [1.29, 1.82) is 0 Å². The van der Waals surface area contributed by atoms with Gasteiger partial charge in [-0.15, -0.1) is 0 Å². The third-order valence-corrected chi connectivity index (χ3v) is 4.46. The molecule has 1 fully saturated rings. The summed E-state index contributed by atoms with van der Waals surface area (Å²) in [5.74, 6) is 0.727. The quantitative estimate of drug-likeness (QED) is 0.912. The van der Waals surface area contributed by atoms with Gasteiger partial charge in [-0.25, -0.2) is 0 Å². The van der Waals surface area contributed by atoms with Crippen molar-refractivity contribution in [3.8, 4) is 16.9 Å². The lowest BCUT2D eigenvalue weighted by molar-refractivity contribution is -0.122. The van der Waals surface area contributed by atoms with Crippen LogP contribution in [0.25, 0.3) is 11.1 Å². The van der Waals surface area contributed by atoms with E-state index >= 15 is 0 Å². The van der Waals surface area contributed by atoms with Crippen LogP contribution in [0.15, 0.2) is 42.5 Å². The molecule has 0 bridgehead atoms. The van der Waals surface area contributed by atoms with Gasteiger partial charge < -0.3 is 15.4 Å². The number of carbonyl (C=O) groups is 2. The molecule has 4 rings (SSSR count). The van der Waals surface area contributed by atoms with Crippen LogP contribution in [-0.4, -0.2) is 24.5 Å². The first kappa shape index (κ1) is 14.8. The summed E-state index contributed by atoms with van der Waals surface area (Å²) in [6.07, 6.45) is 1.89. The van der Waals surface area contributed by atoms with Crippen molar-refractivity contribution in [1.82, 2.24) is 5.32 Å². The van der Waals surface area contributed by atoms with E-state index in [2.05, 4.69) is 16.7 Å². The fourth-order valence-electron chi connectivity index (χ4n) is 3.18. The number of rotatable bonds is 3. The molecule has 2 aromatic rings. The van der Waals surface area contributed by atoms with Crippen molar-refractivity contribution in [3.05, 3.63) is 48.0 Å². The van der Waals surface area contributed by atoms with Gasteiger partial charge in [-0.05, 0) is 47.4 Å². The minimum Gasteiger partial charge on any atom is -0.493 e. The van der Waals surface area contributed by atoms with E-state index in [1.54, 1.807) is 0 Å². The third kappa shape index (κ3) is 2.85. The Bertz CT molecular complexity index is 816. The molecule has 2 aliphatic heterocycles. The first-order valence-electron chi connectivity index (χ1n) is 8.15. The second-order valence-corrected chi connectivity index (χ2v) is 6.15. The van der Waals surface area contributed by atoms with Crippen LogP contribution in [0.1, 0.15) is 18.4 Å². The molecule has 0 unspecified atom stereocenters. The van der Waals surface area contributed by atoms with Crippen LogP contribution in [0, 0.1) is 0 Å². The number of hydrogen-bond donors (Lipinski definition) is 2. The molecule has 2 aromatic carbocycles. The second-order valence-electron chi connectivity index (χ2n) is 6.15. The van der Waals surface area contributed by atoms with Crippen molar-refractivity contribution in [2.75, 3.05) is 11.9 Å². The van der Waals surface area contributed by atoms with Crippen LogP contribution in [0.4, 0.5) is 5.69 Å². The van der Waals surface area contributed by atoms with Gasteiger partial charge in [0.1, 0.15) is 11.8 Å². The zero-order valence-corrected chi connectivity index (χ0v) is 13.2. The maximum Gasteiger partial charge on any atom is 0.246 e. The molecule has 0 radical (unpaired) electrons. The van der Waals surface area contributed by atoms with E-state index < -0.39 is 6.04 Å². The fourth-order valence-corrected chi connectivity index (χ4v) is 3.18. The number of amides is 2. The molecule has 24 heavy (non-hydrogen) atoms. The van der Waals surface area contributed by atoms with Crippen LogP contribution in [0.3, 0.4) is 0 Å². The lowest BCUT2D eigenvalue weighted by Gasteiger charge is -2.12. The average Bonchev–Trinajstić information content (AvgIpc) is 3.23. The van der Waals surface area contributed by atoms with E-state index in [9.17, 15) is 9.59 Å². The van der Waals surface area contributed by atoms with E-state index in [1.165, 1.54) is 5.56 Å². The zero-order chi connectivity index (χ0) is 16.5. The molecule has 0 saturated carbocycles. The molecular formula is C19H18N2O3. The Morgan fingerprint density at radius 2 is 2.00 bits per heavy atom. The predicted molar refractivity (Wildman–Crippen MR) is 90.9 cm³/mol. The van der Waals surface area contributed by atoms with E-state index in [0.29, 0.717) is 12.8 Å². The summed E-state index contributed by atoms with van der Waals surface area (Å²) < 4.78 is 5.54. The van der Waals surface area contributed by atoms with Crippen molar-refractivity contribution < 1.29 is 14.3 Å². The minimum atomic E-state index is -0.432. The van der Waals surface area contributed by atoms with Crippen LogP contribution in [0.2, 0.25) is 0 Å². The fraction of sp³-hybridized carbons (Fsp3) is 0.263. The van der Waals surface area contributed by atoms with Crippen LogP contribution in [-0.2, 0) is 16.0 Å². The molecule has 2 aliphatic rings. The molecule has 5 heteroatoms. The number of carbonyl (C=O) groups excluding carboxylic acids is 2. The van der Waals surface area contributed by atoms with E-state index in [4.69, 9.17) is 4.74 Å². The number of fused-ring (bicyclic) bond motifs is 1. The predicted octanol–water partition coefficient (Wildman–Crippen LogP) is 2.51. The van der Waals surface area contributed by atoms with Crippen LogP contribution in [0.5, 0.6) is 5.75 Å². The van der Waals surface area contributed by atoms with Crippen molar-refractivity contribution >= 4 is 17.5 Å². The molecule has 2 N–H and O–H groups in total. The number of hydrogen-bond acceptors (Lipinski definition) is 3. The average molecular weight is 322 g/mol. The summed E-state index contributed by atoms with van der Waals surface area (Å²) in [7, 11) is 0. The molecule has 0 aromatic heterocycles. The standard InChI is InChI=1S/C19H18N2O3/c22-18-7-5-16(21-18)19(23)20-15-3-1-2-12(11-15)13-4-6-17-14(10-13)8-9-24-17/h1-4,6,10-11,16H,5,7-9H2,(H,20,23)(H,21,22)/t16-/m1/s1. The Morgan fingerprint density at radius 1 is 1.12 bits per heavy atom. The highest BCUT2D eigenvalue weighted by Gasteiger charge is 2.27. The van der Waals surface area contributed by atoms with Gasteiger partial charge in [-0.1, -0.05) is 18.2 Å².